The SMILES string of the molecule is Cc1c(N)nnn1CCc1ccccc1. The number of benzene rings is 1. The Morgan fingerprint density at radius 2 is 2.00 bits per heavy atom. The number of hydrogen-bond donors (Lipinski definition) is 1. The van der Waals surface area contributed by atoms with E-state index in [4.69, 9.17) is 5.73 Å². The highest BCUT2D eigenvalue weighted by molar-refractivity contribution is 5.31. The summed E-state index contributed by atoms with van der Waals surface area (Å²) in [6.45, 7) is 2.75. The van der Waals surface area contributed by atoms with Crippen LogP contribution in [-0.4, -0.2) is 15.0 Å². The van der Waals surface area contributed by atoms with E-state index in [1.165, 1.54) is 5.56 Å². The predicted molar refractivity (Wildman–Crippen MR) is 59.3 cm³/mol. The Kier molecular flexibility index (Phi) is 2.67. The average Bonchev–Trinajstić information content (AvgIpc) is 2.59. The monoisotopic (exact) mass is 202 g/mol. The molecule has 0 amide bonds. The zero-order chi connectivity index (χ0) is 10.7. The molecular weight excluding hydrogens is 188 g/mol. The Balaban J connectivity index is 2.02. The number of anilines is 1. The van der Waals surface area contributed by atoms with Crippen LogP contribution in [0.2, 0.25) is 0 Å². The van der Waals surface area contributed by atoms with Crippen molar-refractivity contribution in [3.63, 3.8) is 0 Å². The molecule has 0 aliphatic carbocycles. The number of rotatable bonds is 3. The molecule has 2 rings (SSSR count). The number of aromatic nitrogens is 3. The van der Waals surface area contributed by atoms with Gasteiger partial charge in [0.25, 0.3) is 0 Å². The maximum atomic E-state index is 5.62. The minimum Gasteiger partial charge on any atom is -0.381 e. The zero-order valence-corrected chi connectivity index (χ0v) is 8.72. The number of nitrogen functional groups attached to an aromatic ring is 1. The first-order valence-corrected chi connectivity index (χ1v) is 4.97. The van der Waals surface area contributed by atoms with Gasteiger partial charge in [-0.1, -0.05) is 35.5 Å². The van der Waals surface area contributed by atoms with Crippen LogP contribution in [0.3, 0.4) is 0 Å². The summed E-state index contributed by atoms with van der Waals surface area (Å²) in [4.78, 5) is 0. The molecule has 0 saturated heterocycles. The Morgan fingerprint density at radius 3 is 2.60 bits per heavy atom. The summed E-state index contributed by atoms with van der Waals surface area (Å²) in [6.07, 6.45) is 0.949. The summed E-state index contributed by atoms with van der Waals surface area (Å²) >= 11 is 0. The lowest BCUT2D eigenvalue weighted by Gasteiger charge is -2.03. The molecule has 0 fully saturated rings. The van der Waals surface area contributed by atoms with Gasteiger partial charge >= 0.3 is 0 Å². The van der Waals surface area contributed by atoms with E-state index < -0.39 is 0 Å². The highest BCUT2D eigenvalue weighted by Gasteiger charge is 2.03. The molecule has 4 heteroatoms. The molecule has 2 N–H and O–H groups in total. The van der Waals surface area contributed by atoms with Crippen LogP contribution in [0.25, 0.3) is 0 Å². The molecule has 0 saturated carbocycles. The summed E-state index contributed by atoms with van der Waals surface area (Å²) in [7, 11) is 0. The highest BCUT2D eigenvalue weighted by atomic mass is 15.4. The van der Waals surface area contributed by atoms with Gasteiger partial charge in [0.1, 0.15) is 0 Å². The van der Waals surface area contributed by atoms with Gasteiger partial charge in [-0.3, -0.25) is 0 Å². The molecule has 0 aliphatic rings. The number of nitrogens with two attached hydrogens (primary N) is 1. The van der Waals surface area contributed by atoms with Gasteiger partial charge in [-0.25, -0.2) is 4.68 Å². The van der Waals surface area contributed by atoms with E-state index in [0.29, 0.717) is 5.82 Å². The molecule has 0 bridgehead atoms. The normalized spacial score (nSPS) is 10.5. The third-order valence-corrected chi connectivity index (χ3v) is 2.47. The summed E-state index contributed by atoms with van der Waals surface area (Å²) in [5.74, 6) is 0.517. The highest BCUT2D eigenvalue weighted by Crippen LogP contribution is 2.06. The van der Waals surface area contributed by atoms with E-state index in [1.54, 1.807) is 0 Å². The quantitative estimate of drug-likeness (QED) is 0.818. The lowest BCUT2D eigenvalue weighted by Crippen LogP contribution is -2.05. The van der Waals surface area contributed by atoms with Crippen molar-refractivity contribution in [2.45, 2.75) is 19.9 Å². The molecule has 0 aliphatic heterocycles. The van der Waals surface area contributed by atoms with Crippen molar-refractivity contribution in [3.8, 4) is 0 Å². The summed E-state index contributed by atoms with van der Waals surface area (Å²) in [6, 6.07) is 10.3. The molecule has 0 radical (unpaired) electrons. The molecule has 0 spiro atoms. The van der Waals surface area contributed by atoms with Crippen molar-refractivity contribution in [1.82, 2.24) is 15.0 Å². The second kappa shape index (κ2) is 4.13. The number of hydrogen-bond acceptors (Lipinski definition) is 3. The van der Waals surface area contributed by atoms with Gasteiger partial charge < -0.3 is 5.73 Å². The Bertz CT molecular complexity index is 433. The lowest BCUT2D eigenvalue weighted by atomic mass is 10.1. The molecule has 15 heavy (non-hydrogen) atoms. The molecule has 1 heterocycles. The summed E-state index contributed by atoms with van der Waals surface area (Å²) in [5.41, 5.74) is 7.85. The van der Waals surface area contributed by atoms with Gasteiger partial charge in [0.15, 0.2) is 5.82 Å². The fourth-order valence-corrected chi connectivity index (χ4v) is 1.47. The van der Waals surface area contributed by atoms with Gasteiger partial charge in [-0.05, 0) is 18.9 Å². The average molecular weight is 202 g/mol. The minimum absolute atomic E-state index is 0.517. The zero-order valence-electron chi connectivity index (χ0n) is 8.72. The van der Waals surface area contributed by atoms with E-state index in [9.17, 15) is 0 Å². The van der Waals surface area contributed by atoms with Crippen LogP contribution in [0, 0.1) is 6.92 Å². The molecule has 0 atom stereocenters. The predicted octanol–water partition coefficient (Wildman–Crippen LogP) is 1.41. The standard InChI is InChI=1S/C11H14N4/c1-9-11(12)13-14-15(9)8-7-10-5-3-2-4-6-10/h2-6H,7-8,12H2,1H3. The van der Waals surface area contributed by atoms with Crippen LogP contribution in [0.5, 0.6) is 0 Å². The lowest BCUT2D eigenvalue weighted by molar-refractivity contribution is 0.575. The van der Waals surface area contributed by atoms with Crippen molar-refractivity contribution < 1.29 is 0 Å². The number of aryl methyl sites for hydroxylation is 2. The molecular formula is C11H14N4. The first kappa shape index (κ1) is 9.71. The second-order valence-corrected chi connectivity index (χ2v) is 3.52. The molecule has 1 aromatic carbocycles. The Labute approximate surface area is 88.7 Å². The second-order valence-electron chi connectivity index (χ2n) is 3.52. The van der Waals surface area contributed by atoms with E-state index in [0.717, 1.165) is 18.7 Å². The van der Waals surface area contributed by atoms with Crippen molar-refractivity contribution in [1.29, 1.82) is 0 Å². The van der Waals surface area contributed by atoms with Crippen LogP contribution in [-0.2, 0) is 13.0 Å². The Morgan fingerprint density at radius 1 is 1.27 bits per heavy atom. The first-order valence-electron chi connectivity index (χ1n) is 4.97. The fourth-order valence-electron chi connectivity index (χ4n) is 1.47. The van der Waals surface area contributed by atoms with Gasteiger partial charge in [0.05, 0.1) is 5.69 Å². The van der Waals surface area contributed by atoms with Gasteiger partial charge in [-0.2, -0.15) is 0 Å². The topological polar surface area (TPSA) is 56.7 Å². The molecule has 0 unspecified atom stereocenters. The van der Waals surface area contributed by atoms with Crippen molar-refractivity contribution in [3.05, 3.63) is 41.6 Å². The van der Waals surface area contributed by atoms with Crippen molar-refractivity contribution in [2.24, 2.45) is 0 Å². The third kappa shape index (κ3) is 2.15. The van der Waals surface area contributed by atoms with Crippen molar-refractivity contribution in [2.75, 3.05) is 5.73 Å². The van der Waals surface area contributed by atoms with Crippen LogP contribution in [0.15, 0.2) is 30.3 Å². The van der Waals surface area contributed by atoms with E-state index >= 15 is 0 Å². The largest absolute Gasteiger partial charge is 0.381 e. The van der Waals surface area contributed by atoms with Crippen LogP contribution in [0.1, 0.15) is 11.3 Å². The fraction of sp³-hybridized carbons (Fsp3) is 0.273. The molecule has 2 aromatic rings. The van der Waals surface area contributed by atoms with E-state index in [2.05, 4.69) is 22.4 Å². The summed E-state index contributed by atoms with van der Waals surface area (Å²) in [5, 5.41) is 7.79. The number of nitrogens with zero attached hydrogens (tertiary/aromatic N) is 3. The molecule has 78 valence electrons. The first-order chi connectivity index (χ1) is 7.27. The maximum absolute atomic E-state index is 5.62. The smallest absolute Gasteiger partial charge is 0.168 e. The third-order valence-electron chi connectivity index (χ3n) is 2.47. The van der Waals surface area contributed by atoms with Crippen LogP contribution >= 0.6 is 0 Å². The van der Waals surface area contributed by atoms with Crippen LogP contribution in [0.4, 0.5) is 5.82 Å². The van der Waals surface area contributed by atoms with E-state index in [-0.39, 0.29) is 0 Å². The van der Waals surface area contributed by atoms with Gasteiger partial charge in [0, 0.05) is 6.54 Å². The minimum atomic E-state index is 0.517. The van der Waals surface area contributed by atoms with Gasteiger partial charge in [0.2, 0.25) is 0 Å². The Hall–Kier alpha value is -1.84. The maximum Gasteiger partial charge on any atom is 0.168 e. The van der Waals surface area contributed by atoms with Crippen molar-refractivity contribution >= 4 is 5.82 Å². The molecule has 1 aromatic heterocycles. The molecule has 4 nitrogen and oxygen atoms in total. The van der Waals surface area contributed by atoms with E-state index in [1.807, 2.05) is 29.8 Å². The van der Waals surface area contributed by atoms with Crippen LogP contribution < -0.4 is 5.73 Å². The van der Waals surface area contributed by atoms with Gasteiger partial charge in [-0.15, -0.1) is 5.10 Å². The summed E-state index contributed by atoms with van der Waals surface area (Å²) < 4.78 is 1.84.